The first-order chi connectivity index (χ1) is 6.57. The molecule has 1 atom stereocenters. The lowest BCUT2D eigenvalue weighted by atomic mass is 10.1. The highest BCUT2D eigenvalue weighted by molar-refractivity contribution is 5.81. The van der Waals surface area contributed by atoms with E-state index in [0.717, 1.165) is 19.5 Å². The Labute approximate surface area is 84.2 Å². The van der Waals surface area contributed by atoms with E-state index < -0.39 is 5.79 Å². The van der Waals surface area contributed by atoms with E-state index in [9.17, 15) is 4.79 Å². The van der Waals surface area contributed by atoms with E-state index in [-0.39, 0.29) is 12.0 Å². The van der Waals surface area contributed by atoms with E-state index >= 15 is 0 Å². The van der Waals surface area contributed by atoms with Gasteiger partial charge in [-0.15, -0.1) is 0 Å². The number of β-lactam (4-membered cyclic amide) rings is 1. The van der Waals surface area contributed by atoms with Gasteiger partial charge in [0.2, 0.25) is 5.91 Å². The highest BCUT2D eigenvalue weighted by Gasteiger charge is 2.33. The molecule has 14 heavy (non-hydrogen) atoms. The first kappa shape index (κ1) is 9.93. The van der Waals surface area contributed by atoms with Gasteiger partial charge < -0.3 is 14.4 Å². The minimum Gasteiger partial charge on any atom is -0.348 e. The van der Waals surface area contributed by atoms with Gasteiger partial charge in [0.1, 0.15) is 0 Å². The van der Waals surface area contributed by atoms with E-state index in [4.69, 9.17) is 9.47 Å². The van der Waals surface area contributed by atoms with Crippen LogP contribution in [0.5, 0.6) is 0 Å². The normalized spacial score (nSPS) is 30.6. The van der Waals surface area contributed by atoms with Crippen LogP contribution in [0.1, 0.15) is 26.7 Å². The first-order valence-corrected chi connectivity index (χ1v) is 5.16. The van der Waals surface area contributed by atoms with Gasteiger partial charge in [0.15, 0.2) is 5.79 Å². The summed E-state index contributed by atoms with van der Waals surface area (Å²) in [4.78, 5) is 12.9. The smallest absolute Gasteiger partial charge is 0.224 e. The molecule has 1 unspecified atom stereocenters. The fourth-order valence-corrected chi connectivity index (χ4v) is 1.80. The molecule has 0 N–H and O–H groups in total. The molecule has 2 saturated heterocycles. The Morgan fingerprint density at radius 1 is 1.57 bits per heavy atom. The average molecular weight is 199 g/mol. The number of ether oxygens (including phenoxy) is 2. The monoisotopic (exact) mass is 199 g/mol. The molecule has 0 spiro atoms. The molecule has 2 aliphatic rings. The number of hydrogen-bond acceptors (Lipinski definition) is 3. The maximum Gasteiger partial charge on any atom is 0.224 e. The Bertz CT molecular complexity index is 240. The summed E-state index contributed by atoms with van der Waals surface area (Å²) in [5, 5.41) is 0. The van der Waals surface area contributed by atoms with Crippen molar-refractivity contribution in [2.45, 2.75) is 38.6 Å². The number of carbonyl (C=O) groups excluding carboxylic acids is 1. The number of likely N-dealkylation sites (tertiary alicyclic amines) is 1. The maximum absolute atomic E-state index is 11.0. The van der Waals surface area contributed by atoms with E-state index in [2.05, 4.69) is 0 Å². The zero-order valence-electron chi connectivity index (χ0n) is 8.78. The van der Waals surface area contributed by atoms with Gasteiger partial charge in [-0.1, -0.05) is 0 Å². The van der Waals surface area contributed by atoms with Crippen LogP contribution in [0.4, 0.5) is 0 Å². The average Bonchev–Trinajstić information content (AvgIpc) is 2.43. The van der Waals surface area contributed by atoms with Gasteiger partial charge in [-0.3, -0.25) is 4.79 Å². The van der Waals surface area contributed by atoms with Crippen molar-refractivity contribution in [3.05, 3.63) is 0 Å². The molecular weight excluding hydrogens is 182 g/mol. The van der Waals surface area contributed by atoms with Gasteiger partial charge in [0.25, 0.3) is 0 Å². The van der Waals surface area contributed by atoms with Gasteiger partial charge in [0.05, 0.1) is 12.7 Å². The Kier molecular flexibility index (Phi) is 2.49. The summed E-state index contributed by atoms with van der Waals surface area (Å²) < 4.78 is 11.1. The van der Waals surface area contributed by atoms with Gasteiger partial charge in [0, 0.05) is 19.5 Å². The molecule has 0 radical (unpaired) electrons. The standard InChI is InChI=1S/C10H17NO3/c1-10(2)13-7-8(14-10)3-5-11-6-4-9(11)12/h8H,3-7H2,1-2H3. The molecule has 4 nitrogen and oxygen atoms in total. The molecule has 80 valence electrons. The van der Waals surface area contributed by atoms with Gasteiger partial charge in [-0.2, -0.15) is 0 Å². The van der Waals surface area contributed by atoms with Crippen molar-refractivity contribution in [2.75, 3.05) is 19.7 Å². The molecule has 0 saturated carbocycles. The molecule has 1 amide bonds. The maximum atomic E-state index is 11.0. The number of hydrogen-bond donors (Lipinski definition) is 0. The Hall–Kier alpha value is -0.610. The largest absolute Gasteiger partial charge is 0.348 e. The zero-order chi connectivity index (χ0) is 10.2. The Morgan fingerprint density at radius 2 is 2.36 bits per heavy atom. The fraction of sp³-hybridized carbons (Fsp3) is 0.900. The second-order valence-electron chi connectivity index (χ2n) is 4.37. The minimum absolute atomic E-state index is 0.151. The van der Waals surface area contributed by atoms with Crippen LogP contribution in [0.15, 0.2) is 0 Å². The number of rotatable bonds is 3. The molecule has 2 fully saturated rings. The summed E-state index contributed by atoms with van der Waals surface area (Å²) in [6.07, 6.45) is 1.75. The van der Waals surface area contributed by atoms with Crippen LogP contribution >= 0.6 is 0 Å². The van der Waals surface area contributed by atoms with Crippen LogP contribution in [-0.2, 0) is 14.3 Å². The Morgan fingerprint density at radius 3 is 2.79 bits per heavy atom. The summed E-state index contributed by atoms with van der Waals surface area (Å²) in [6, 6.07) is 0. The highest BCUT2D eigenvalue weighted by Crippen LogP contribution is 2.24. The molecule has 2 aliphatic heterocycles. The van der Waals surface area contributed by atoms with Crippen LogP contribution in [-0.4, -0.2) is 42.4 Å². The topological polar surface area (TPSA) is 38.8 Å². The molecule has 0 aromatic carbocycles. The molecule has 0 aromatic rings. The van der Waals surface area contributed by atoms with E-state index in [0.29, 0.717) is 13.0 Å². The summed E-state index contributed by atoms with van der Waals surface area (Å²) >= 11 is 0. The van der Waals surface area contributed by atoms with E-state index in [1.807, 2.05) is 18.7 Å². The molecule has 0 aromatic heterocycles. The second-order valence-corrected chi connectivity index (χ2v) is 4.37. The molecular formula is C10H17NO3. The van der Waals surface area contributed by atoms with Crippen LogP contribution in [0.3, 0.4) is 0 Å². The quantitative estimate of drug-likeness (QED) is 0.630. The SMILES string of the molecule is CC1(C)OCC(CCN2CCC2=O)O1. The Balaban J connectivity index is 1.69. The van der Waals surface area contributed by atoms with Crippen molar-refractivity contribution < 1.29 is 14.3 Å². The fourth-order valence-electron chi connectivity index (χ4n) is 1.80. The van der Waals surface area contributed by atoms with E-state index in [1.165, 1.54) is 0 Å². The van der Waals surface area contributed by atoms with Crippen molar-refractivity contribution in [1.82, 2.24) is 4.90 Å². The van der Waals surface area contributed by atoms with Crippen molar-refractivity contribution in [3.8, 4) is 0 Å². The summed E-state index contributed by atoms with van der Waals surface area (Å²) in [5.41, 5.74) is 0. The summed E-state index contributed by atoms with van der Waals surface area (Å²) in [7, 11) is 0. The summed E-state index contributed by atoms with van der Waals surface area (Å²) in [5.74, 6) is -0.174. The predicted molar refractivity (Wildman–Crippen MR) is 50.7 cm³/mol. The third-order valence-electron chi connectivity index (χ3n) is 2.74. The molecule has 0 aliphatic carbocycles. The van der Waals surface area contributed by atoms with Crippen LogP contribution in [0.25, 0.3) is 0 Å². The first-order valence-electron chi connectivity index (χ1n) is 5.16. The van der Waals surface area contributed by atoms with Crippen molar-refractivity contribution >= 4 is 5.91 Å². The zero-order valence-corrected chi connectivity index (χ0v) is 8.78. The van der Waals surface area contributed by atoms with Crippen molar-refractivity contribution in [2.24, 2.45) is 0 Å². The van der Waals surface area contributed by atoms with Gasteiger partial charge in [-0.05, 0) is 20.3 Å². The highest BCUT2D eigenvalue weighted by atomic mass is 16.7. The lowest BCUT2D eigenvalue weighted by Crippen LogP contribution is -2.44. The number of carbonyl (C=O) groups is 1. The molecule has 2 heterocycles. The third kappa shape index (κ3) is 2.07. The van der Waals surface area contributed by atoms with E-state index in [1.54, 1.807) is 0 Å². The van der Waals surface area contributed by atoms with Crippen molar-refractivity contribution in [3.63, 3.8) is 0 Å². The molecule has 2 rings (SSSR count). The van der Waals surface area contributed by atoms with Crippen LogP contribution in [0, 0.1) is 0 Å². The molecule has 0 bridgehead atoms. The minimum atomic E-state index is -0.441. The van der Waals surface area contributed by atoms with Crippen molar-refractivity contribution in [1.29, 1.82) is 0 Å². The number of amides is 1. The molecule has 4 heteroatoms. The summed E-state index contributed by atoms with van der Waals surface area (Å²) in [6.45, 7) is 6.21. The van der Waals surface area contributed by atoms with Gasteiger partial charge >= 0.3 is 0 Å². The van der Waals surface area contributed by atoms with Crippen LogP contribution in [0.2, 0.25) is 0 Å². The van der Waals surface area contributed by atoms with Gasteiger partial charge in [-0.25, -0.2) is 0 Å². The second kappa shape index (κ2) is 3.51. The third-order valence-corrected chi connectivity index (χ3v) is 2.74. The lowest BCUT2D eigenvalue weighted by molar-refractivity contribution is -0.144. The number of nitrogens with zero attached hydrogens (tertiary/aromatic N) is 1. The lowest BCUT2D eigenvalue weighted by Gasteiger charge is -2.31. The predicted octanol–water partition coefficient (Wildman–Crippen LogP) is 0.760. The van der Waals surface area contributed by atoms with Crippen LogP contribution < -0.4 is 0 Å².